The Morgan fingerprint density at radius 1 is 1.19 bits per heavy atom. The van der Waals surface area contributed by atoms with Crippen LogP contribution in [0, 0.1) is 0 Å². The third-order valence-corrected chi connectivity index (χ3v) is 5.51. The van der Waals surface area contributed by atoms with Crippen molar-refractivity contribution in [2.45, 2.75) is 18.7 Å². The van der Waals surface area contributed by atoms with Crippen molar-refractivity contribution in [1.82, 2.24) is 14.8 Å². The molecule has 6 nitrogen and oxygen atoms in total. The molecule has 2 heterocycles. The van der Waals surface area contributed by atoms with E-state index in [-0.39, 0.29) is 5.91 Å². The summed E-state index contributed by atoms with van der Waals surface area (Å²) in [4.78, 5) is 13.4. The summed E-state index contributed by atoms with van der Waals surface area (Å²) in [6.07, 6.45) is 0. The first-order chi connectivity index (χ1) is 12.6. The van der Waals surface area contributed by atoms with Gasteiger partial charge in [-0.15, -0.1) is 10.2 Å². The Morgan fingerprint density at radius 2 is 2.00 bits per heavy atom. The number of aromatic nitrogens is 3. The van der Waals surface area contributed by atoms with Crippen LogP contribution in [-0.4, -0.2) is 26.5 Å². The van der Waals surface area contributed by atoms with Crippen LogP contribution in [0.25, 0.3) is 11.4 Å². The van der Waals surface area contributed by atoms with Gasteiger partial charge in [0.25, 0.3) is 0 Å². The number of carbonyl (C=O) groups excluding carboxylic acids is 1. The number of nitrogens with one attached hydrogen (secondary N) is 1. The number of nitrogens with zero attached hydrogens (tertiary/aromatic N) is 4. The molecule has 26 heavy (non-hydrogen) atoms. The molecule has 0 atom stereocenters. The van der Waals surface area contributed by atoms with E-state index in [1.54, 1.807) is 11.8 Å². The summed E-state index contributed by atoms with van der Waals surface area (Å²) in [7, 11) is 0. The summed E-state index contributed by atoms with van der Waals surface area (Å²) >= 11 is 5.17. The van der Waals surface area contributed by atoms with Gasteiger partial charge < -0.3 is 10.2 Å². The summed E-state index contributed by atoms with van der Waals surface area (Å²) in [5, 5.41) is 12.4. The van der Waals surface area contributed by atoms with Crippen molar-refractivity contribution in [3.05, 3.63) is 53.0 Å². The summed E-state index contributed by atoms with van der Waals surface area (Å²) in [6.45, 7) is 2.18. The van der Waals surface area contributed by atoms with Crippen LogP contribution in [0.1, 0.15) is 6.92 Å². The van der Waals surface area contributed by atoms with E-state index in [0.717, 1.165) is 38.3 Å². The predicted octanol–water partition coefficient (Wildman–Crippen LogP) is 4.19. The van der Waals surface area contributed by atoms with E-state index in [1.165, 1.54) is 6.92 Å². The van der Waals surface area contributed by atoms with Crippen molar-refractivity contribution in [2.75, 3.05) is 16.1 Å². The molecule has 4 rings (SSSR count). The maximum Gasteiger partial charge on any atom is 0.221 e. The molecular formula is C18H16BrN5OS. The molecule has 0 saturated carbocycles. The molecule has 132 valence electrons. The average molecular weight is 430 g/mol. The molecule has 1 N–H and O–H groups in total. The average Bonchev–Trinajstić information content (AvgIpc) is 3.05. The number of anilines is 2. The zero-order chi connectivity index (χ0) is 18.1. The fourth-order valence-corrected chi connectivity index (χ4v) is 4.13. The minimum atomic E-state index is -0.0703. The van der Waals surface area contributed by atoms with Crippen LogP contribution >= 0.6 is 27.7 Å². The molecule has 2 aromatic carbocycles. The van der Waals surface area contributed by atoms with Crippen molar-refractivity contribution in [3.8, 4) is 11.4 Å². The maximum atomic E-state index is 11.2. The molecule has 0 fully saturated rings. The zero-order valence-electron chi connectivity index (χ0n) is 14.0. The predicted molar refractivity (Wildman–Crippen MR) is 107 cm³/mol. The Kier molecular flexibility index (Phi) is 4.69. The van der Waals surface area contributed by atoms with Gasteiger partial charge in [0.15, 0.2) is 11.0 Å². The highest BCUT2D eigenvalue weighted by molar-refractivity contribution is 9.10. The SMILES string of the molecule is CC(=O)Nc1ccc(N2CSc3nnc(-c4cccc(Br)c4)n3C2)cc1. The number of carbonyl (C=O) groups is 1. The van der Waals surface area contributed by atoms with Gasteiger partial charge in [0.05, 0.1) is 12.5 Å². The number of halogens is 1. The van der Waals surface area contributed by atoms with Crippen molar-refractivity contribution in [2.24, 2.45) is 0 Å². The molecular weight excluding hydrogens is 414 g/mol. The van der Waals surface area contributed by atoms with Crippen molar-refractivity contribution in [3.63, 3.8) is 0 Å². The topological polar surface area (TPSA) is 63.1 Å². The van der Waals surface area contributed by atoms with E-state index in [0.29, 0.717) is 6.67 Å². The third kappa shape index (κ3) is 3.47. The lowest BCUT2D eigenvalue weighted by atomic mass is 10.2. The van der Waals surface area contributed by atoms with Crippen LogP contribution in [0.5, 0.6) is 0 Å². The van der Waals surface area contributed by atoms with Crippen LogP contribution < -0.4 is 10.2 Å². The number of benzene rings is 2. The summed E-state index contributed by atoms with van der Waals surface area (Å²) in [5.74, 6) is 1.59. The molecule has 0 unspecified atom stereocenters. The number of fused-ring (bicyclic) bond motifs is 1. The van der Waals surface area contributed by atoms with Gasteiger partial charge in [-0.3, -0.25) is 9.36 Å². The Bertz CT molecular complexity index is 956. The number of hydrogen-bond acceptors (Lipinski definition) is 5. The Labute approximate surface area is 163 Å². The quantitative estimate of drug-likeness (QED) is 0.675. The van der Waals surface area contributed by atoms with Crippen molar-refractivity contribution in [1.29, 1.82) is 0 Å². The number of rotatable bonds is 3. The van der Waals surface area contributed by atoms with Crippen LogP contribution in [0.4, 0.5) is 11.4 Å². The maximum absolute atomic E-state index is 11.2. The van der Waals surface area contributed by atoms with Crippen LogP contribution in [0.15, 0.2) is 58.2 Å². The molecule has 0 saturated heterocycles. The fraction of sp³-hybridized carbons (Fsp3) is 0.167. The van der Waals surface area contributed by atoms with Gasteiger partial charge in [-0.2, -0.15) is 0 Å². The van der Waals surface area contributed by atoms with E-state index < -0.39 is 0 Å². The lowest BCUT2D eigenvalue weighted by Crippen LogP contribution is -2.30. The minimum absolute atomic E-state index is 0.0703. The standard InChI is InChI=1S/C18H16BrN5OS/c1-12(25)20-15-5-7-16(8-6-15)23-10-24-17(21-22-18(24)26-11-23)13-3-2-4-14(19)9-13/h2-9H,10-11H2,1H3,(H,20,25). The molecule has 0 spiro atoms. The van der Waals surface area contributed by atoms with Crippen LogP contribution in [0.3, 0.4) is 0 Å². The van der Waals surface area contributed by atoms with Crippen molar-refractivity contribution >= 4 is 45.0 Å². The van der Waals surface area contributed by atoms with Gasteiger partial charge >= 0.3 is 0 Å². The summed E-state index contributed by atoms with van der Waals surface area (Å²) in [5.41, 5.74) is 2.92. The van der Waals surface area contributed by atoms with Gasteiger partial charge in [0.1, 0.15) is 0 Å². The highest BCUT2D eigenvalue weighted by Gasteiger charge is 2.22. The Balaban J connectivity index is 1.59. The second-order valence-electron chi connectivity index (χ2n) is 5.93. The van der Waals surface area contributed by atoms with E-state index in [1.807, 2.05) is 48.5 Å². The molecule has 1 amide bonds. The van der Waals surface area contributed by atoms with Crippen LogP contribution in [0.2, 0.25) is 0 Å². The third-order valence-electron chi connectivity index (χ3n) is 4.01. The smallest absolute Gasteiger partial charge is 0.221 e. The van der Waals surface area contributed by atoms with Gasteiger partial charge in [-0.05, 0) is 36.4 Å². The van der Waals surface area contributed by atoms with Crippen LogP contribution in [-0.2, 0) is 11.5 Å². The monoisotopic (exact) mass is 429 g/mol. The number of hydrogen-bond donors (Lipinski definition) is 1. The largest absolute Gasteiger partial charge is 0.344 e. The first kappa shape index (κ1) is 17.1. The normalized spacial score (nSPS) is 13.4. The van der Waals surface area contributed by atoms with Gasteiger partial charge in [0.2, 0.25) is 5.91 Å². The Hall–Kier alpha value is -2.32. The first-order valence-electron chi connectivity index (χ1n) is 8.05. The lowest BCUT2D eigenvalue weighted by Gasteiger charge is -2.29. The number of amides is 1. The molecule has 3 aromatic rings. The van der Waals surface area contributed by atoms with E-state index in [9.17, 15) is 4.79 Å². The Morgan fingerprint density at radius 3 is 2.73 bits per heavy atom. The summed E-state index contributed by atoms with van der Waals surface area (Å²) < 4.78 is 3.14. The fourth-order valence-electron chi connectivity index (χ4n) is 2.83. The highest BCUT2D eigenvalue weighted by atomic mass is 79.9. The van der Waals surface area contributed by atoms with E-state index in [2.05, 4.69) is 40.9 Å². The van der Waals surface area contributed by atoms with Gasteiger partial charge in [-0.25, -0.2) is 0 Å². The highest BCUT2D eigenvalue weighted by Crippen LogP contribution is 2.32. The lowest BCUT2D eigenvalue weighted by molar-refractivity contribution is -0.114. The molecule has 1 aromatic heterocycles. The minimum Gasteiger partial charge on any atom is -0.344 e. The second-order valence-corrected chi connectivity index (χ2v) is 7.76. The molecule has 0 bridgehead atoms. The van der Waals surface area contributed by atoms with E-state index in [4.69, 9.17) is 0 Å². The van der Waals surface area contributed by atoms with E-state index >= 15 is 0 Å². The van der Waals surface area contributed by atoms with Gasteiger partial charge in [0, 0.05) is 28.3 Å². The van der Waals surface area contributed by atoms with Crippen molar-refractivity contribution < 1.29 is 4.79 Å². The molecule has 0 aliphatic carbocycles. The van der Waals surface area contributed by atoms with Gasteiger partial charge in [-0.1, -0.05) is 39.8 Å². The first-order valence-corrected chi connectivity index (χ1v) is 9.82. The number of thioether (sulfide) groups is 1. The molecule has 8 heteroatoms. The molecule has 0 radical (unpaired) electrons. The molecule has 1 aliphatic rings. The summed E-state index contributed by atoms with van der Waals surface area (Å²) in [6, 6.07) is 15.9. The second kappa shape index (κ2) is 7.13. The molecule has 1 aliphatic heterocycles. The zero-order valence-corrected chi connectivity index (χ0v) is 16.4.